The summed E-state index contributed by atoms with van der Waals surface area (Å²) in [5, 5.41) is 0.234. The van der Waals surface area contributed by atoms with Gasteiger partial charge < -0.3 is 4.90 Å². The number of nitrogens with zero attached hydrogens (tertiary/aromatic N) is 1. The fourth-order valence-electron chi connectivity index (χ4n) is 2.19. The number of halogens is 1. The summed E-state index contributed by atoms with van der Waals surface area (Å²) in [6.07, 6.45) is 1.80. The second-order valence-electron chi connectivity index (χ2n) is 4.79. The number of hydrogen-bond donors (Lipinski definition) is 0. The minimum Gasteiger partial charge on any atom is -0.339 e. The summed E-state index contributed by atoms with van der Waals surface area (Å²) in [6, 6.07) is 6.03. The fraction of sp³-hybridized carbons (Fsp3) is 0.500. The number of carbonyl (C=O) groups excluding carboxylic acids is 1. The molecule has 1 heterocycles. The van der Waals surface area contributed by atoms with Gasteiger partial charge in [0.05, 0.1) is 0 Å². The van der Waals surface area contributed by atoms with Crippen LogP contribution >= 0.6 is 11.6 Å². The molecule has 0 bridgehead atoms. The third-order valence-corrected chi connectivity index (χ3v) is 3.77. The van der Waals surface area contributed by atoms with Crippen molar-refractivity contribution >= 4 is 17.5 Å². The number of aryl methyl sites for hydroxylation is 2. The van der Waals surface area contributed by atoms with Gasteiger partial charge in [0.2, 0.25) is 0 Å². The van der Waals surface area contributed by atoms with Crippen LogP contribution in [0.25, 0.3) is 0 Å². The van der Waals surface area contributed by atoms with Crippen molar-refractivity contribution in [3.8, 4) is 0 Å². The molecule has 1 aromatic rings. The summed E-state index contributed by atoms with van der Waals surface area (Å²) in [6.45, 7) is 5.56. The van der Waals surface area contributed by atoms with Gasteiger partial charge in [0.1, 0.15) is 0 Å². The summed E-state index contributed by atoms with van der Waals surface area (Å²) < 4.78 is 0. The SMILES string of the molecule is Cc1ccc(C)c(C(=O)N2CCC(Cl)CC2)c1. The molecule has 0 saturated carbocycles. The highest BCUT2D eigenvalue weighted by atomic mass is 35.5. The number of carbonyl (C=O) groups is 1. The third-order valence-electron chi connectivity index (χ3n) is 3.34. The summed E-state index contributed by atoms with van der Waals surface area (Å²) >= 11 is 6.05. The standard InChI is InChI=1S/C14H18ClNO/c1-10-3-4-11(2)13(9-10)14(17)16-7-5-12(15)6-8-16/h3-4,9,12H,5-8H2,1-2H3. The number of hydrogen-bond acceptors (Lipinski definition) is 1. The van der Waals surface area contributed by atoms with E-state index in [4.69, 9.17) is 11.6 Å². The van der Waals surface area contributed by atoms with E-state index < -0.39 is 0 Å². The molecule has 0 aromatic heterocycles. The molecule has 0 spiro atoms. The Kier molecular flexibility index (Phi) is 3.72. The van der Waals surface area contributed by atoms with Crippen LogP contribution in [0.4, 0.5) is 0 Å². The second kappa shape index (κ2) is 5.09. The number of rotatable bonds is 1. The maximum absolute atomic E-state index is 12.4. The van der Waals surface area contributed by atoms with Crippen LogP contribution in [0.1, 0.15) is 34.3 Å². The van der Waals surface area contributed by atoms with Crippen LogP contribution in [-0.4, -0.2) is 29.3 Å². The minimum atomic E-state index is 0.148. The van der Waals surface area contributed by atoms with Gasteiger partial charge in [0.15, 0.2) is 0 Å². The lowest BCUT2D eigenvalue weighted by molar-refractivity contribution is 0.0725. The van der Waals surface area contributed by atoms with E-state index in [1.54, 1.807) is 0 Å². The number of benzene rings is 1. The first-order valence-corrected chi connectivity index (χ1v) is 6.52. The lowest BCUT2D eigenvalue weighted by Gasteiger charge is -2.29. The molecule has 2 rings (SSSR count). The average molecular weight is 252 g/mol. The molecule has 17 heavy (non-hydrogen) atoms. The van der Waals surface area contributed by atoms with E-state index >= 15 is 0 Å². The molecule has 2 nitrogen and oxygen atoms in total. The van der Waals surface area contributed by atoms with Crippen LogP contribution in [0.2, 0.25) is 0 Å². The third kappa shape index (κ3) is 2.81. The topological polar surface area (TPSA) is 20.3 Å². The van der Waals surface area contributed by atoms with Crippen molar-refractivity contribution in [3.05, 3.63) is 34.9 Å². The minimum absolute atomic E-state index is 0.148. The van der Waals surface area contributed by atoms with Crippen molar-refractivity contribution < 1.29 is 4.79 Å². The van der Waals surface area contributed by atoms with Gasteiger partial charge in [-0.25, -0.2) is 0 Å². The lowest BCUT2D eigenvalue weighted by atomic mass is 10.0. The zero-order valence-electron chi connectivity index (χ0n) is 10.4. The van der Waals surface area contributed by atoms with E-state index in [2.05, 4.69) is 0 Å². The van der Waals surface area contributed by atoms with Crippen LogP contribution in [-0.2, 0) is 0 Å². The Bertz CT molecular complexity index is 422. The quantitative estimate of drug-likeness (QED) is 0.703. The Hall–Kier alpha value is -1.02. The highest BCUT2D eigenvalue weighted by Gasteiger charge is 2.23. The molecule has 0 unspecified atom stereocenters. The first-order valence-electron chi connectivity index (χ1n) is 6.08. The zero-order chi connectivity index (χ0) is 12.4. The molecule has 1 amide bonds. The van der Waals surface area contributed by atoms with E-state index in [-0.39, 0.29) is 11.3 Å². The van der Waals surface area contributed by atoms with Crippen LogP contribution in [0.15, 0.2) is 18.2 Å². The van der Waals surface area contributed by atoms with Crippen molar-refractivity contribution in [2.24, 2.45) is 0 Å². The van der Waals surface area contributed by atoms with E-state index in [0.29, 0.717) is 0 Å². The Labute approximate surface area is 108 Å². The van der Waals surface area contributed by atoms with Gasteiger partial charge >= 0.3 is 0 Å². The number of amides is 1. The van der Waals surface area contributed by atoms with Crippen molar-refractivity contribution in [2.45, 2.75) is 32.1 Å². The van der Waals surface area contributed by atoms with Crippen LogP contribution < -0.4 is 0 Å². The number of likely N-dealkylation sites (tertiary alicyclic amines) is 1. The van der Waals surface area contributed by atoms with Crippen LogP contribution in [0, 0.1) is 13.8 Å². The molecule has 1 aromatic carbocycles. The van der Waals surface area contributed by atoms with E-state index in [1.807, 2.05) is 36.9 Å². The lowest BCUT2D eigenvalue weighted by Crippen LogP contribution is -2.39. The zero-order valence-corrected chi connectivity index (χ0v) is 11.1. The number of alkyl halides is 1. The highest BCUT2D eigenvalue weighted by molar-refractivity contribution is 6.20. The fourth-order valence-corrected chi connectivity index (χ4v) is 2.38. The smallest absolute Gasteiger partial charge is 0.254 e. The van der Waals surface area contributed by atoms with Gasteiger partial charge in [0.25, 0.3) is 5.91 Å². The molecule has 0 radical (unpaired) electrons. The van der Waals surface area contributed by atoms with E-state index in [1.165, 1.54) is 0 Å². The normalized spacial score (nSPS) is 17.2. The molecule has 3 heteroatoms. The largest absolute Gasteiger partial charge is 0.339 e. The summed E-state index contributed by atoms with van der Waals surface area (Å²) in [4.78, 5) is 14.3. The molecular weight excluding hydrogens is 234 g/mol. The molecule has 0 atom stereocenters. The second-order valence-corrected chi connectivity index (χ2v) is 5.40. The first kappa shape index (κ1) is 12.4. The molecule has 1 aliphatic heterocycles. The Morgan fingerprint density at radius 3 is 2.59 bits per heavy atom. The molecule has 1 saturated heterocycles. The van der Waals surface area contributed by atoms with Gasteiger partial charge in [0, 0.05) is 24.0 Å². The van der Waals surface area contributed by atoms with Crippen molar-refractivity contribution in [2.75, 3.05) is 13.1 Å². The predicted octanol–water partition coefficient (Wildman–Crippen LogP) is 3.15. The van der Waals surface area contributed by atoms with Gasteiger partial charge in [-0.1, -0.05) is 17.7 Å². The van der Waals surface area contributed by atoms with Gasteiger partial charge in [-0.3, -0.25) is 4.79 Å². The maximum atomic E-state index is 12.4. The van der Waals surface area contributed by atoms with E-state index in [0.717, 1.165) is 42.6 Å². The van der Waals surface area contributed by atoms with E-state index in [9.17, 15) is 4.79 Å². The summed E-state index contributed by atoms with van der Waals surface area (Å²) in [5.41, 5.74) is 3.01. The predicted molar refractivity (Wildman–Crippen MR) is 70.7 cm³/mol. The Morgan fingerprint density at radius 2 is 1.94 bits per heavy atom. The highest BCUT2D eigenvalue weighted by Crippen LogP contribution is 2.19. The Morgan fingerprint density at radius 1 is 1.29 bits per heavy atom. The maximum Gasteiger partial charge on any atom is 0.254 e. The molecule has 92 valence electrons. The summed E-state index contributed by atoms with van der Waals surface area (Å²) in [7, 11) is 0. The van der Waals surface area contributed by atoms with Crippen LogP contribution in [0.3, 0.4) is 0 Å². The van der Waals surface area contributed by atoms with Crippen molar-refractivity contribution in [3.63, 3.8) is 0 Å². The molecule has 1 aliphatic rings. The Balaban J connectivity index is 2.16. The van der Waals surface area contributed by atoms with Crippen LogP contribution in [0.5, 0.6) is 0 Å². The monoisotopic (exact) mass is 251 g/mol. The van der Waals surface area contributed by atoms with Crippen molar-refractivity contribution in [1.29, 1.82) is 0 Å². The van der Waals surface area contributed by atoms with Crippen molar-refractivity contribution in [1.82, 2.24) is 4.90 Å². The first-order chi connectivity index (χ1) is 8.08. The molecule has 0 aliphatic carbocycles. The summed E-state index contributed by atoms with van der Waals surface area (Å²) in [5.74, 6) is 0.148. The molecular formula is C14H18ClNO. The molecule has 0 N–H and O–H groups in total. The van der Waals surface area contributed by atoms with Gasteiger partial charge in [-0.2, -0.15) is 0 Å². The van der Waals surface area contributed by atoms with Gasteiger partial charge in [-0.15, -0.1) is 11.6 Å². The molecule has 1 fully saturated rings. The van der Waals surface area contributed by atoms with Gasteiger partial charge in [-0.05, 0) is 38.3 Å². The number of piperidine rings is 1. The average Bonchev–Trinajstić information content (AvgIpc) is 2.32.